The molecule has 1 aliphatic rings. The van der Waals surface area contributed by atoms with Gasteiger partial charge in [0.25, 0.3) is 5.91 Å². The van der Waals surface area contributed by atoms with E-state index in [-0.39, 0.29) is 11.8 Å². The molecule has 5 heteroatoms. The summed E-state index contributed by atoms with van der Waals surface area (Å²) >= 11 is 0. The maximum absolute atomic E-state index is 11.9. The molecular weight excluding hydrogens is 254 g/mol. The van der Waals surface area contributed by atoms with Gasteiger partial charge in [-0.15, -0.1) is 0 Å². The van der Waals surface area contributed by atoms with Gasteiger partial charge in [0.1, 0.15) is 0 Å². The Hall–Kier alpha value is -1.88. The number of carbonyl (C=O) groups excluding carboxylic acids is 2. The highest BCUT2D eigenvalue weighted by molar-refractivity contribution is 5.95. The lowest BCUT2D eigenvalue weighted by molar-refractivity contribution is -0.116. The van der Waals surface area contributed by atoms with Crippen LogP contribution in [0.3, 0.4) is 0 Å². The van der Waals surface area contributed by atoms with Gasteiger partial charge in [-0.3, -0.25) is 9.59 Å². The number of hydrogen-bond acceptors (Lipinski definition) is 3. The molecule has 0 radical (unpaired) electrons. The first-order valence-corrected chi connectivity index (χ1v) is 7.10. The van der Waals surface area contributed by atoms with E-state index in [1.807, 2.05) is 6.92 Å². The highest BCUT2D eigenvalue weighted by Crippen LogP contribution is 2.13. The topological polar surface area (TPSA) is 70.2 Å². The van der Waals surface area contributed by atoms with E-state index in [9.17, 15) is 9.59 Å². The van der Waals surface area contributed by atoms with Gasteiger partial charge in [-0.2, -0.15) is 0 Å². The largest absolute Gasteiger partial charge is 0.352 e. The van der Waals surface area contributed by atoms with Crippen LogP contribution in [0.25, 0.3) is 0 Å². The number of nitrogens with one attached hydrogen (secondary N) is 3. The van der Waals surface area contributed by atoms with Crippen molar-refractivity contribution in [3.8, 4) is 0 Å². The first-order chi connectivity index (χ1) is 9.69. The van der Waals surface area contributed by atoms with Gasteiger partial charge in [-0.05, 0) is 50.6 Å². The van der Waals surface area contributed by atoms with Gasteiger partial charge in [-0.1, -0.05) is 0 Å². The van der Waals surface area contributed by atoms with Crippen LogP contribution >= 0.6 is 0 Å². The lowest BCUT2D eigenvalue weighted by atomic mass is 10.1. The molecule has 108 valence electrons. The van der Waals surface area contributed by atoms with Crippen molar-refractivity contribution in [2.45, 2.75) is 32.2 Å². The molecule has 0 aromatic heterocycles. The lowest BCUT2D eigenvalue weighted by Gasteiger charge is -2.10. The minimum atomic E-state index is -0.0967. The molecule has 0 bridgehead atoms. The van der Waals surface area contributed by atoms with E-state index in [0.717, 1.165) is 25.1 Å². The smallest absolute Gasteiger partial charge is 0.251 e. The van der Waals surface area contributed by atoms with Gasteiger partial charge in [0.15, 0.2) is 0 Å². The van der Waals surface area contributed by atoms with Crippen LogP contribution in [0.1, 0.15) is 36.5 Å². The Labute approximate surface area is 119 Å². The van der Waals surface area contributed by atoms with Crippen molar-refractivity contribution in [1.29, 1.82) is 0 Å². The molecular formula is C15H21N3O2. The Bertz CT molecular complexity index is 465. The molecule has 1 heterocycles. The van der Waals surface area contributed by atoms with Crippen LogP contribution in [-0.2, 0) is 4.79 Å². The second-order valence-electron chi connectivity index (χ2n) is 4.98. The molecule has 5 nitrogen and oxygen atoms in total. The van der Waals surface area contributed by atoms with Crippen LogP contribution in [0.2, 0.25) is 0 Å². The van der Waals surface area contributed by atoms with Gasteiger partial charge < -0.3 is 16.0 Å². The Morgan fingerprint density at radius 3 is 2.65 bits per heavy atom. The summed E-state index contributed by atoms with van der Waals surface area (Å²) in [6.45, 7) is 3.48. The monoisotopic (exact) mass is 275 g/mol. The fourth-order valence-electron chi connectivity index (χ4n) is 2.33. The van der Waals surface area contributed by atoms with Gasteiger partial charge in [0.05, 0.1) is 0 Å². The zero-order valence-corrected chi connectivity index (χ0v) is 11.7. The highest BCUT2D eigenvalue weighted by atomic mass is 16.2. The number of anilines is 1. The third-order valence-corrected chi connectivity index (χ3v) is 3.36. The summed E-state index contributed by atoms with van der Waals surface area (Å²) in [5.74, 6) is -0.0873. The fraction of sp³-hybridized carbons (Fsp3) is 0.467. The molecule has 0 spiro atoms. The second kappa shape index (κ2) is 7.05. The summed E-state index contributed by atoms with van der Waals surface area (Å²) in [6.07, 6.45) is 2.70. The van der Waals surface area contributed by atoms with Crippen molar-refractivity contribution < 1.29 is 9.59 Å². The maximum atomic E-state index is 11.9. The van der Waals surface area contributed by atoms with E-state index in [1.165, 1.54) is 0 Å². The standard InChI is InChI=1S/C15H21N3O2/c1-2-16-15(20)11-5-7-12(8-6-11)18-14(19)10-13-4-3-9-17-13/h5-8,13,17H,2-4,9-10H2,1H3,(H,16,20)(H,18,19). The fourth-order valence-corrected chi connectivity index (χ4v) is 2.33. The first kappa shape index (κ1) is 14.5. The predicted octanol–water partition coefficient (Wildman–Crippen LogP) is 1.52. The Morgan fingerprint density at radius 2 is 2.05 bits per heavy atom. The zero-order chi connectivity index (χ0) is 14.4. The Kier molecular flexibility index (Phi) is 5.12. The van der Waals surface area contributed by atoms with E-state index >= 15 is 0 Å². The quantitative estimate of drug-likeness (QED) is 0.763. The van der Waals surface area contributed by atoms with Gasteiger partial charge in [0.2, 0.25) is 5.91 Å². The number of rotatable bonds is 5. The SMILES string of the molecule is CCNC(=O)c1ccc(NC(=O)CC2CCCN2)cc1. The summed E-state index contributed by atoms with van der Waals surface area (Å²) < 4.78 is 0. The molecule has 2 rings (SSSR count). The minimum Gasteiger partial charge on any atom is -0.352 e. The molecule has 2 amide bonds. The van der Waals surface area contributed by atoms with E-state index in [4.69, 9.17) is 0 Å². The summed E-state index contributed by atoms with van der Waals surface area (Å²) in [6, 6.07) is 7.24. The third-order valence-electron chi connectivity index (χ3n) is 3.36. The third kappa shape index (κ3) is 4.06. The number of carbonyl (C=O) groups is 2. The van der Waals surface area contributed by atoms with Crippen LogP contribution in [0.4, 0.5) is 5.69 Å². The number of benzene rings is 1. The summed E-state index contributed by atoms with van der Waals surface area (Å²) in [7, 11) is 0. The van der Waals surface area contributed by atoms with E-state index in [0.29, 0.717) is 24.6 Å². The molecule has 3 N–H and O–H groups in total. The Balaban J connectivity index is 1.86. The molecule has 0 saturated carbocycles. The predicted molar refractivity (Wildman–Crippen MR) is 78.7 cm³/mol. The molecule has 20 heavy (non-hydrogen) atoms. The maximum Gasteiger partial charge on any atom is 0.251 e. The van der Waals surface area contributed by atoms with E-state index in [2.05, 4.69) is 16.0 Å². The van der Waals surface area contributed by atoms with E-state index in [1.54, 1.807) is 24.3 Å². The van der Waals surface area contributed by atoms with Gasteiger partial charge in [0, 0.05) is 30.3 Å². The van der Waals surface area contributed by atoms with Crippen LogP contribution in [0, 0.1) is 0 Å². The molecule has 1 aliphatic heterocycles. The van der Waals surface area contributed by atoms with Crippen LogP contribution in [-0.4, -0.2) is 30.9 Å². The molecule has 1 aromatic rings. The van der Waals surface area contributed by atoms with Crippen molar-refractivity contribution in [2.24, 2.45) is 0 Å². The van der Waals surface area contributed by atoms with E-state index < -0.39 is 0 Å². The summed E-state index contributed by atoms with van der Waals surface area (Å²) in [4.78, 5) is 23.5. The van der Waals surface area contributed by atoms with Crippen molar-refractivity contribution in [3.63, 3.8) is 0 Å². The summed E-state index contributed by atoms with van der Waals surface area (Å²) in [5.41, 5.74) is 1.32. The molecule has 1 aromatic carbocycles. The van der Waals surface area contributed by atoms with Crippen LogP contribution < -0.4 is 16.0 Å². The van der Waals surface area contributed by atoms with Crippen LogP contribution in [0.15, 0.2) is 24.3 Å². The van der Waals surface area contributed by atoms with Gasteiger partial charge >= 0.3 is 0 Å². The average Bonchev–Trinajstić information content (AvgIpc) is 2.92. The van der Waals surface area contributed by atoms with Crippen molar-refractivity contribution >= 4 is 17.5 Å². The van der Waals surface area contributed by atoms with Gasteiger partial charge in [-0.25, -0.2) is 0 Å². The normalized spacial score (nSPS) is 17.8. The molecule has 1 saturated heterocycles. The van der Waals surface area contributed by atoms with Crippen molar-refractivity contribution in [1.82, 2.24) is 10.6 Å². The molecule has 0 aliphatic carbocycles. The Morgan fingerprint density at radius 1 is 1.30 bits per heavy atom. The molecule has 1 unspecified atom stereocenters. The minimum absolute atomic E-state index is 0.00941. The molecule has 1 atom stereocenters. The highest BCUT2D eigenvalue weighted by Gasteiger charge is 2.17. The average molecular weight is 275 g/mol. The lowest BCUT2D eigenvalue weighted by Crippen LogP contribution is -2.27. The summed E-state index contributed by atoms with van der Waals surface area (Å²) in [5, 5.41) is 8.89. The number of hydrogen-bond donors (Lipinski definition) is 3. The van der Waals surface area contributed by atoms with Crippen molar-refractivity contribution in [2.75, 3.05) is 18.4 Å². The molecule has 1 fully saturated rings. The van der Waals surface area contributed by atoms with Crippen molar-refractivity contribution in [3.05, 3.63) is 29.8 Å². The first-order valence-electron chi connectivity index (χ1n) is 7.10. The zero-order valence-electron chi connectivity index (χ0n) is 11.7. The second-order valence-corrected chi connectivity index (χ2v) is 4.98. The van der Waals surface area contributed by atoms with Crippen LogP contribution in [0.5, 0.6) is 0 Å². The number of amides is 2.